The molecular formula is C16H32N2O. The van der Waals surface area contributed by atoms with Gasteiger partial charge in [0.05, 0.1) is 6.61 Å². The molecule has 1 saturated heterocycles. The van der Waals surface area contributed by atoms with Crippen molar-refractivity contribution >= 4 is 0 Å². The first-order valence-electron chi connectivity index (χ1n) is 8.39. The summed E-state index contributed by atoms with van der Waals surface area (Å²) in [6.07, 6.45) is 9.50. The summed E-state index contributed by atoms with van der Waals surface area (Å²) in [6.45, 7) is 9.80. The number of hydrogen-bond donors (Lipinski definition) is 1. The van der Waals surface area contributed by atoms with Crippen molar-refractivity contribution < 1.29 is 4.74 Å². The van der Waals surface area contributed by atoms with Gasteiger partial charge >= 0.3 is 0 Å². The fraction of sp³-hybridized carbons (Fsp3) is 1.00. The van der Waals surface area contributed by atoms with E-state index in [1.165, 1.54) is 58.0 Å². The van der Waals surface area contributed by atoms with E-state index in [0.717, 1.165) is 19.8 Å². The first kappa shape index (κ1) is 15.3. The van der Waals surface area contributed by atoms with Crippen LogP contribution in [0.5, 0.6) is 0 Å². The molecule has 0 aromatic rings. The molecule has 19 heavy (non-hydrogen) atoms. The molecule has 2 aliphatic rings. The minimum absolute atomic E-state index is 0.390. The van der Waals surface area contributed by atoms with Crippen LogP contribution in [0, 0.1) is 0 Å². The molecule has 1 aliphatic heterocycles. The SMILES string of the molecule is CCCNC(COCC)C1(N2CCCC2)CCCC1. The number of nitrogens with one attached hydrogen (secondary N) is 1. The van der Waals surface area contributed by atoms with E-state index < -0.39 is 0 Å². The maximum atomic E-state index is 5.80. The van der Waals surface area contributed by atoms with Crippen molar-refractivity contribution in [2.24, 2.45) is 0 Å². The van der Waals surface area contributed by atoms with Crippen LogP contribution in [0.3, 0.4) is 0 Å². The lowest BCUT2D eigenvalue weighted by atomic mass is 9.86. The van der Waals surface area contributed by atoms with E-state index in [4.69, 9.17) is 4.74 Å². The lowest BCUT2D eigenvalue weighted by Crippen LogP contribution is -2.61. The second kappa shape index (κ2) is 7.61. The van der Waals surface area contributed by atoms with Crippen LogP contribution in [0.15, 0.2) is 0 Å². The van der Waals surface area contributed by atoms with Gasteiger partial charge in [-0.25, -0.2) is 0 Å². The lowest BCUT2D eigenvalue weighted by Gasteiger charge is -2.45. The zero-order valence-electron chi connectivity index (χ0n) is 12.9. The van der Waals surface area contributed by atoms with Crippen molar-refractivity contribution in [3.63, 3.8) is 0 Å². The van der Waals surface area contributed by atoms with Crippen LogP contribution >= 0.6 is 0 Å². The maximum absolute atomic E-state index is 5.80. The Morgan fingerprint density at radius 1 is 1.11 bits per heavy atom. The predicted octanol–water partition coefficient (Wildman–Crippen LogP) is 2.80. The summed E-state index contributed by atoms with van der Waals surface area (Å²) in [5.41, 5.74) is 0.390. The first-order valence-corrected chi connectivity index (χ1v) is 8.39. The highest BCUT2D eigenvalue weighted by atomic mass is 16.5. The van der Waals surface area contributed by atoms with Crippen LogP contribution < -0.4 is 5.32 Å². The quantitative estimate of drug-likeness (QED) is 0.732. The highest BCUT2D eigenvalue weighted by Gasteiger charge is 2.46. The Bertz CT molecular complexity index is 237. The monoisotopic (exact) mass is 268 g/mol. The van der Waals surface area contributed by atoms with Gasteiger partial charge in [0.2, 0.25) is 0 Å². The van der Waals surface area contributed by atoms with E-state index in [2.05, 4.69) is 24.1 Å². The second-order valence-electron chi connectivity index (χ2n) is 6.17. The van der Waals surface area contributed by atoms with Gasteiger partial charge in [-0.2, -0.15) is 0 Å². The molecule has 1 aliphatic carbocycles. The minimum Gasteiger partial charge on any atom is -0.380 e. The minimum atomic E-state index is 0.390. The summed E-state index contributed by atoms with van der Waals surface area (Å²) in [6, 6.07) is 0.521. The van der Waals surface area contributed by atoms with Crippen molar-refractivity contribution in [1.82, 2.24) is 10.2 Å². The topological polar surface area (TPSA) is 24.5 Å². The van der Waals surface area contributed by atoms with E-state index in [9.17, 15) is 0 Å². The third-order valence-electron chi connectivity index (χ3n) is 4.98. The van der Waals surface area contributed by atoms with Gasteiger partial charge in [0, 0.05) is 18.2 Å². The molecule has 3 heteroatoms. The van der Waals surface area contributed by atoms with Crippen molar-refractivity contribution in [3.05, 3.63) is 0 Å². The van der Waals surface area contributed by atoms with Gasteiger partial charge in [-0.15, -0.1) is 0 Å². The summed E-state index contributed by atoms with van der Waals surface area (Å²) in [5, 5.41) is 3.80. The molecule has 0 aromatic heterocycles. The molecule has 1 atom stereocenters. The van der Waals surface area contributed by atoms with Crippen LogP contribution in [0.1, 0.15) is 58.8 Å². The van der Waals surface area contributed by atoms with Gasteiger partial charge < -0.3 is 10.1 Å². The number of rotatable bonds is 8. The van der Waals surface area contributed by atoms with Gasteiger partial charge in [0.15, 0.2) is 0 Å². The van der Waals surface area contributed by atoms with Crippen LogP contribution in [-0.2, 0) is 4.74 Å². The molecular weight excluding hydrogens is 236 g/mol. The fourth-order valence-corrected chi connectivity index (χ4v) is 3.99. The van der Waals surface area contributed by atoms with E-state index in [-0.39, 0.29) is 0 Å². The average Bonchev–Trinajstić information content (AvgIpc) is 3.10. The zero-order valence-corrected chi connectivity index (χ0v) is 12.9. The summed E-state index contributed by atoms with van der Waals surface area (Å²) in [5.74, 6) is 0. The third-order valence-corrected chi connectivity index (χ3v) is 4.98. The molecule has 0 radical (unpaired) electrons. The van der Waals surface area contributed by atoms with Crippen molar-refractivity contribution in [2.45, 2.75) is 70.4 Å². The van der Waals surface area contributed by atoms with E-state index in [0.29, 0.717) is 11.6 Å². The summed E-state index contributed by atoms with van der Waals surface area (Å²) < 4.78 is 5.80. The van der Waals surface area contributed by atoms with E-state index >= 15 is 0 Å². The van der Waals surface area contributed by atoms with Gasteiger partial charge in [-0.1, -0.05) is 19.8 Å². The summed E-state index contributed by atoms with van der Waals surface area (Å²) >= 11 is 0. The normalized spacial score (nSPS) is 24.9. The van der Waals surface area contributed by atoms with Crippen LogP contribution in [-0.4, -0.2) is 49.3 Å². The smallest absolute Gasteiger partial charge is 0.0637 e. The standard InChI is InChI=1S/C16H32N2O/c1-3-11-17-15(14-19-4-2)16(9-5-6-10-16)18-12-7-8-13-18/h15,17H,3-14H2,1-2H3. The lowest BCUT2D eigenvalue weighted by molar-refractivity contribution is 0.0231. The Morgan fingerprint density at radius 3 is 2.37 bits per heavy atom. The summed E-state index contributed by atoms with van der Waals surface area (Å²) in [7, 11) is 0. The molecule has 112 valence electrons. The Morgan fingerprint density at radius 2 is 1.79 bits per heavy atom. The molecule has 1 unspecified atom stereocenters. The zero-order chi connectivity index (χ0) is 13.6. The largest absolute Gasteiger partial charge is 0.380 e. The number of likely N-dealkylation sites (tertiary alicyclic amines) is 1. The predicted molar refractivity (Wildman–Crippen MR) is 80.6 cm³/mol. The molecule has 0 amide bonds. The number of hydrogen-bond acceptors (Lipinski definition) is 3. The molecule has 1 saturated carbocycles. The van der Waals surface area contributed by atoms with Gasteiger partial charge in [-0.05, 0) is 58.7 Å². The van der Waals surface area contributed by atoms with Crippen molar-refractivity contribution in [3.8, 4) is 0 Å². The highest BCUT2D eigenvalue weighted by molar-refractivity contribution is 5.04. The van der Waals surface area contributed by atoms with Gasteiger partial charge in [-0.3, -0.25) is 4.90 Å². The van der Waals surface area contributed by atoms with Crippen LogP contribution in [0.4, 0.5) is 0 Å². The van der Waals surface area contributed by atoms with Gasteiger partial charge in [0.1, 0.15) is 0 Å². The molecule has 1 heterocycles. The van der Waals surface area contributed by atoms with E-state index in [1.54, 1.807) is 0 Å². The van der Waals surface area contributed by atoms with Gasteiger partial charge in [0.25, 0.3) is 0 Å². The molecule has 0 bridgehead atoms. The molecule has 1 N–H and O–H groups in total. The van der Waals surface area contributed by atoms with Crippen molar-refractivity contribution in [1.29, 1.82) is 0 Å². The molecule has 0 spiro atoms. The van der Waals surface area contributed by atoms with Crippen molar-refractivity contribution in [2.75, 3.05) is 32.8 Å². The molecule has 2 fully saturated rings. The summed E-state index contributed by atoms with van der Waals surface area (Å²) in [4.78, 5) is 2.78. The molecule has 3 nitrogen and oxygen atoms in total. The second-order valence-corrected chi connectivity index (χ2v) is 6.17. The average molecular weight is 268 g/mol. The highest BCUT2D eigenvalue weighted by Crippen LogP contribution is 2.40. The van der Waals surface area contributed by atoms with Crippen LogP contribution in [0.25, 0.3) is 0 Å². The Kier molecular flexibility index (Phi) is 6.11. The Balaban J connectivity index is 2.07. The van der Waals surface area contributed by atoms with Crippen LogP contribution in [0.2, 0.25) is 0 Å². The number of ether oxygens (including phenoxy) is 1. The first-order chi connectivity index (χ1) is 9.33. The number of nitrogens with zero attached hydrogens (tertiary/aromatic N) is 1. The fourth-order valence-electron chi connectivity index (χ4n) is 3.99. The molecule has 2 rings (SSSR count). The Hall–Kier alpha value is -0.120. The Labute approximate surface area is 119 Å². The third kappa shape index (κ3) is 3.50. The molecule has 0 aromatic carbocycles. The maximum Gasteiger partial charge on any atom is 0.0637 e. The van der Waals surface area contributed by atoms with E-state index in [1.807, 2.05) is 0 Å².